The van der Waals surface area contributed by atoms with Crippen molar-refractivity contribution >= 4 is 44.3 Å². The van der Waals surface area contributed by atoms with Gasteiger partial charge in [0, 0.05) is 21.8 Å². The van der Waals surface area contributed by atoms with Crippen LogP contribution in [0.15, 0.2) is 35.1 Å². The Hall–Kier alpha value is -0.940. The predicted octanol–water partition coefficient (Wildman–Crippen LogP) is 3.75. The lowest BCUT2D eigenvalue weighted by molar-refractivity contribution is 0.00733. The van der Waals surface area contributed by atoms with E-state index in [0.717, 1.165) is 3.57 Å². The molecule has 1 fully saturated rings. The van der Waals surface area contributed by atoms with Crippen molar-refractivity contribution in [2.24, 2.45) is 0 Å². The Morgan fingerprint density at radius 2 is 2.23 bits per heavy atom. The van der Waals surface area contributed by atoms with Gasteiger partial charge in [0.1, 0.15) is 29.9 Å². The third-order valence-corrected chi connectivity index (χ3v) is 4.98. The third kappa shape index (κ3) is 5.29. The van der Waals surface area contributed by atoms with E-state index in [2.05, 4.69) is 43.5 Å². The summed E-state index contributed by atoms with van der Waals surface area (Å²) in [6.45, 7) is 0.925. The first-order chi connectivity index (χ1) is 12.5. The Kier molecular flexibility index (Phi) is 7.10. The van der Waals surface area contributed by atoms with Gasteiger partial charge >= 0.3 is 0 Å². The van der Waals surface area contributed by atoms with E-state index < -0.39 is 0 Å². The van der Waals surface area contributed by atoms with E-state index in [1.54, 1.807) is 18.3 Å². The maximum atomic E-state index is 14.2. The van der Waals surface area contributed by atoms with Gasteiger partial charge in [-0.15, -0.1) is 0 Å². The van der Waals surface area contributed by atoms with Gasteiger partial charge in [-0.2, -0.15) is 0 Å². The van der Waals surface area contributed by atoms with Crippen molar-refractivity contribution in [1.82, 2.24) is 4.98 Å². The van der Waals surface area contributed by atoms with Gasteiger partial charge in [0.2, 0.25) is 0 Å². The van der Waals surface area contributed by atoms with Crippen LogP contribution in [0.2, 0.25) is 0 Å². The third-order valence-electron chi connectivity index (χ3n) is 3.88. The molecule has 0 saturated carbocycles. The van der Waals surface area contributed by atoms with Gasteiger partial charge in [-0.05, 0) is 67.8 Å². The van der Waals surface area contributed by atoms with Crippen molar-refractivity contribution in [3.63, 3.8) is 0 Å². The number of aromatic nitrogens is 1. The number of carbonyl (C=O) groups is 1. The molecule has 0 aliphatic carbocycles. The van der Waals surface area contributed by atoms with E-state index in [1.807, 2.05) is 6.07 Å². The van der Waals surface area contributed by atoms with Gasteiger partial charge in [-0.1, -0.05) is 6.07 Å². The van der Waals surface area contributed by atoms with Crippen LogP contribution in [0, 0.1) is 9.39 Å². The smallest absolute Gasteiger partial charge is 0.188 e. The summed E-state index contributed by atoms with van der Waals surface area (Å²) in [5.74, 6) is -0.485. The number of ether oxygens (including phenoxy) is 3. The summed E-state index contributed by atoms with van der Waals surface area (Å²) in [5, 5.41) is 0. The first-order valence-corrected chi connectivity index (χ1v) is 9.78. The summed E-state index contributed by atoms with van der Waals surface area (Å²) in [4.78, 5) is 16.8. The minimum Gasteiger partial charge on any atom is -0.371 e. The quantitative estimate of drug-likeness (QED) is 0.307. The molecular formula is C18H16BrFINO4. The zero-order chi connectivity index (χ0) is 18.5. The van der Waals surface area contributed by atoms with E-state index in [-0.39, 0.29) is 37.5 Å². The van der Waals surface area contributed by atoms with E-state index in [4.69, 9.17) is 14.2 Å². The summed E-state index contributed by atoms with van der Waals surface area (Å²) in [5.41, 5.74) is 1.64. The molecule has 26 heavy (non-hydrogen) atoms. The number of halogens is 3. The number of benzene rings is 1. The molecule has 0 amide bonds. The standard InChI is InChI=1S/C18H16BrFINO4/c19-18-5-15(17(23)9-24-7-14-8-25-10-26-14)12(6-22-18)3-11-1-2-13(21)4-16(11)20/h1-2,4-6,14H,3,7-10H2/t14-/m0/s1. The van der Waals surface area contributed by atoms with Crippen LogP contribution in [-0.2, 0) is 20.6 Å². The molecule has 0 unspecified atom stereocenters. The average Bonchev–Trinajstić information content (AvgIpc) is 3.12. The molecule has 3 rings (SSSR count). The average molecular weight is 536 g/mol. The van der Waals surface area contributed by atoms with Gasteiger partial charge in [-0.3, -0.25) is 4.79 Å². The lowest BCUT2D eigenvalue weighted by atomic mass is 9.99. The van der Waals surface area contributed by atoms with Crippen LogP contribution in [0.3, 0.4) is 0 Å². The van der Waals surface area contributed by atoms with Crippen LogP contribution in [0.25, 0.3) is 0 Å². The second-order valence-corrected chi connectivity index (χ2v) is 7.85. The minimum atomic E-state index is -0.298. The number of carbonyl (C=O) groups excluding carboxylic acids is 1. The van der Waals surface area contributed by atoms with E-state index in [1.165, 1.54) is 6.07 Å². The second-order valence-electron chi connectivity index (χ2n) is 5.79. The highest BCUT2D eigenvalue weighted by atomic mass is 127. The fraction of sp³-hybridized carbons (Fsp3) is 0.333. The molecular weight excluding hydrogens is 520 g/mol. The molecule has 1 saturated heterocycles. The predicted molar refractivity (Wildman–Crippen MR) is 105 cm³/mol. The van der Waals surface area contributed by atoms with Crippen LogP contribution >= 0.6 is 38.5 Å². The number of Topliss-reactive ketones (excluding diaryl/α,β-unsaturated/α-hetero) is 1. The zero-order valence-corrected chi connectivity index (χ0v) is 17.5. The molecule has 1 aromatic carbocycles. The maximum Gasteiger partial charge on any atom is 0.188 e. The maximum absolute atomic E-state index is 14.2. The van der Waals surface area contributed by atoms with Crippen molar-refractivity contribution in [2.45, 2.75) is 12.5 Å². The van der Waals surface area contributed by atoms with Crippen molar-refractivity contribution in [1.29, 1.82) is 0 Å². The molecule has 2 aromatic rings. The summed E-state index contributed by atoms with van der Waals surface area (Å²) in [7, 11) is 0. The van der Waals surface area contributed by atoms with Crippen molar-refractivity contribution in [3.8, 4) is 0 Å². The number of nitrogens with zero attached hydrogens (tertiary/aromatic N) is 1. The summed E-state index contributed by atoms with van der Waals surface area (Å²) in [6.07, 6.45) is 1.72. The fourth-order valence-corrected chi connectivity index (χ4v) is 3.34. The monoisotopic (exact) mass is 535 g/mol. The van der Waals surface area contributed by atoms with Crippen LogP contribution in [0.5, 0.6) is 0 Å². The fourth-order valence-electron chi connectivity index (χ4n) is 2.56. The number of hydrogen-bond donors (Lipinski definition) is 0. The first-order valence-electron chi connectivity index (χ1n) is 7.91. The highest BCUT2D eigenvalue weighted by Gasteiger charge is 2.19. The second kappa shape index (κ2) is 9.32. The van der Waals surface area contributed by atoms with E-state index in [0.29, 0.717) is 34.5 Å². The topological polar surface area (TPSA) is 57.7 Å². The normalized spacial score (nSPS) is 16.8. The first kappa shape index (κ1) is 19.8. The largest absolute Gasteiger partial charge is 0.371 e. The van der Waals surface area contributed by atoms with Gasteiger partial charge < -0.3 is 14.2 Å². The molecule has 138 valence electrons. The van der Waals surface area contributed by atoms with E-state index >= 15 is 0 Å². The SMILES string of the molecule is O=C(COC[C@H]1COCO1)c1cc(Br)ncc1Cc1ccc(I)cc1F. The molecule has 0 bridgehead atoms. The number of pyridine rings is 1. The molecule has 1 atom stereocenters. The lowest BCUT2D eigenvalue weighted by Gasteiger charge is -2.12. The molecule has 2 heterocycles. The molecule has 1 aliphatic rings. The molecule has 0 radical (unpaired) electrons. The highest BCUT2D eigenvalue weighted by molar-refractivity contribution is 14.1. The molecule has 5 nitrogen and oxygen atoms in total. The molecule has 0 spiro atoms. The summed E-state index contributed by atoms with van der Waals surface area (Å²) >= 11 is 5.34. The van der Waals surface area contributed by atoms with Crippen molar-refractivity contribution in [3.05, 3.63) is 61.1 Å². The van der Waals surface area contributed by atoms with Crippen LogP contribution < -0.4 is 0 Å². The van der Waals surface area contributed by atoms with Gasteiger partial charge in [0.25, 0.3) is 0 Å². The summed E-state index contributed by atoms with van der Waals surface area (Å²) < 4.78 is 31.3. The number of hydrogen-bond acceptors (Lipinski definition) is 5. The zero-order valence-electron chi connectivity index (χ0n) is 13.7. The highest BCUT2D eigenvalue weighted by Crippen LogP contribution is 2.21. The number of ketones is 1. The van der Waals surface area contributed by atoms with Gasteiger partial charge in [0.05, 0.1) is 13.2 Å². The molecule has 8 heteroatoms. The van der Waals surface area contributed by atoms with Gasteiger partial charge in [0.15, 0.2) is 5.78 Å². The van der Waals surface area contributed by atoms with Crippen molar-refractivity contribution < 1.29 is 23.4 Å². The van der Waals surface area contributed by atoms with Gasteiger partial charge in [-0.25, -0.2) is 9.37 Å². The van der Waals surface area contributed by atoms with E-state index in [9.17, 15) is 9.18 Å². The number of rotatable bonds is 7. The Labute approximate surface area is 172 Å². The Balaban J connectivity index is 1.71. The Bertz CT molecular complexity index is 799. The summed E-state index contributed by atoms with van der Waals surface area (Å²) in [6, 6.07) is 6.66. The van der Waals surface area contributed by atoms with Crippen molar-refractivity contribution in [2.75, 3.05) is 26.6 Å². The Morgan fingerprint density at radius 1 is 1.38 bits per heavy atom. The Morgan fingerprint density at radius 3 is 2.96 bits per heavy atom. The van der Waals surface area contributed by atoms with Crippen LogP contribution in [-0.4, -0.2) is 43.5 Å². The molecule has 0 N–H and O–H groups in total. The van der Waals surface area contributed by atoms with Crippen LogP contribution in [0.1, 0.15) is 21.5 Å². The lowest BCUT2D eigenvalue weighted by Crippen LogP contribution is -2.21. The van der Waals surface area contributed by atoms with Crippen LogP contribution in [0.4, 0.5) is 4.39 Å². The molecule has 1 aromatic heterocycles. The minimum absolute atomic E-state index is 0.0848. The molecule has 1 aliphatic heterocycles.